The Hall–Kier alpha value is -2.34. The lowest BCUT2D eigenvalue weighted by molar-refractivity contribution is -0.138. The van der Waals surface area contributed by atoms with Crippen LogP contribution in [0.15, 0.2) is 41.8 Å². The average molecular weight is 358 g/mol. The molecule has 1 saturated heterocycles. The Kier molecular flexibility index (Phi) is 5.71. The third kappa shape index (κ3) is 4.60. The van der Waals surface area contributed by atoms with Crippen LogP contribution in [0, 0.1) is 0 Å². The highest BCUT2D eigenvalue weighted by Gasteiger charge is 2.24. The van der Waals surface area contributed by atoms with Crippen molar-refractivity contribution in [1.29, 1.82) is 0 Å². The molecule has 1 aliphatic heterocycles. The minimum Gasteiger partial charge on any atom is -0.497 e. The van der Waals surface area contributed by atoms with E-state index in [0.717, 1.165) is 16.2 Å². The molecule has 0 atom stereocenters. The second kappa shape index (κ2) is 8.16. The van der Waals surface area contributed by atoms with Crippen molar-refractivity contribution in [2.45, 2.75) is 12.8 Å². The Bertz CT molecular complexity index is 722. The number of rotatable bonds is 5. The van der Waals surface area contributed by atoms with Gasteiger partial charge in [0.25, 0.3) is 0 Å². The lowest BCUT2D eigenvalue weighted by Crippen LogP contribution is -2.51. The normalized spacial score (nSPS) is 14.4. The highest BCUT2D eigenvalue weighted by molar-refractivity contribution is 7.10. The van der Waals surface area contributed by atoms with Crippen LogP contribution in [-0.4, -0.2) is 54.9 Å². The number of carbonyl (C=O) groups excluding carboxylic acids is 2. The van der Waals surface area contributed by atoms with Gasteiger partial charge in [0.15, 0.2) is 0 Å². The fourth-order valence-corrected chi connectivity index (χ4v) is 3.64. The Labute approximate surface area is 151 Å². The summed E-state index contributed by atoms with van der Waals surface area (Å²) in [6.07, 6.45) is 0.815. The minimum absolute atomic E-state index is 0.0959. The number of thiophene rings is 1. The summed E-state index contributed by atoms with van der Waals surface area (Å²) in [5.74, 6) is 0.996. The van der Waals surface area contributed by atoms with Crippen LogP contribution in [0.3, 0.4) is 0 Å². The molecule has 2 heterocycles. The zero-order valence-electron chi connectivity index (χ0n) is 14.3. The van der Waals surface area contributed by atoms with Crippen LogP contribution in [-0.2, 0) is 22.4 Å². The number of carbonyl (C=O) groups is 2. The number of nitrogens with zero attached hydrogens (tertiary/aromatic N) is 2. The number of methoxy groups -OCH3 is 1. The van der Waals surface area contributed by atoms with Gasteiger partial charge in [-0.2, -0.15) is 0 Å². The first kappa shape index (κ1) is 17.5. The smallest absolute Gasteiger partial charge is 0.227 e. The van der Waals surface area contributed by atoms with E-state index in [1.807, 2.05) is 51.6 Å². The summed E-state index contributed by atoms with van der Waals surface area (Å²) in [5, 5.41) is 1.98. The quantitative estimate of drug-likeness (QED) is 0.823. The molecule has 2 aromatic rings. The van der Waals surface area contributed by atoms with Crippen LogP contribution >= 0.6 is 11.3 Å². The van der Waals surface area contributed by atoms with E-state index >= 15 is 0 Å². The van der Waals surface area contributed by atoms with Gasteiger partial charge in [0, 0.05) is 31.1 Å². The van der Waals surface area contributed by atoms with Gasteiger partial charge < -0.3 is 14.5 Å². The van der Waals surface area contributed by atoms with Crippen LogP contribution in [0.25, 0.3) is 0 Å². The van der Waals surface area contributed by atoms with Crippen LogP contribution in [0.1, 0.15) is 10.4 Å². The summed E-state index contributed by atoms with van der Waals surface area (Å²) < 4.78 is 5.20. The summed E-state index contributed by atoms with van der Waals surface area (Å²) >= 11 is 1.60. The molecule has 0 radical (unpaired) electrons. The van der Waals surface area contributed by atoms with E-state index in [-0.39, 0.29) is 11.8 Å². The first-order chi connectivity index (χ1) is 12.2. The minimum atomic E-state index is 0.0959. The molecule has 1 aliphatic rings. The lowest BCUT2D eigenvalue weighted by atomic mass is 10.1. The van der Waals surface area contributed by atoms with E-state index in [9.17, 15) is 9.59 Å². The van der Waals surface area contributed by atoms with Gasteiger partial charge in [-0.15, -0.1) is 11.3 Å². The molecule has 1 aromatic carbocycles. The number of piperazine rings is 1. The molecule has 1 aromatic heterocycles. The van der Waals surface area contributed by atoms with Crippen molar-refractivity contribution in [2.24, 2.45) is 0 Å². The van der Waals surface area contributed by atoms with Crippen molar-refractivity contribution in [3.8, 4) is 5.75 Å². The molecule has 6 heteroatoms. The van der Waals surface area contributed by atoms with E-state index in [1.165, 1.54) is 0 Å². The van der Waals surface area contributed by atoms with Crippen molar-refractivity contribution >= 4 is 23.2 Å². The summed E-state index contributed by atoms with van der Waals surface area (Å²) in [4.78, 5) is 29.6. The number of ether oxygens (including phenoxy) is 1. The Morgan fingerprint density at radius 1 is 1.00 bits per heavy atom. The third-order valence-electron chi connectivity index (χ3n) is 4.38. The fourth-order valence-electron chi connectivity index (χ4n) is 2.95. The number of amides is 2. The van der Waals surface area contributed by atoms with E-state index in [2.05, 4.69) is 0 Å². The summed E-state index contributed by atoms with van der Waals surface area (Å²) in [5.41, 5.74) is 0.945. The average Bonchev–Trinajstić information content (AvgIpc) is 3.15. The fraction of sp³-hybridized carbons (Fsp3) is 0.368. The maximum Gasteiger partial charge on any atom is 0.227 e. The van der Waals surface area contributed by atoms with Crippen LogP contribution < -0.4 is 4.74 Å². The van der Waals surface area contributed by atoms with Crippen molar-refractivity contribution in [1.82, 2.24) is 9.80 Å². The molecule has 5 nitrogen and oxygen atoms in total. The van der Waals surface area contributed by atoms with Crippen LogP contribution in [0.2, 0.25) is 0 Å². The molecule has 132 valence electrons. The van der Waals surface area contributed by atoms with Gasteiger partial charge in [-0.05, 0) is 29.1 Å². The molecule has 0 unspecified atom stereocenters. The molecular weight excluding hydrogens is 336 g/mol. The van der Waals surface area contributed by atoms with E-state index in [0.29, 0.717) is 39.0 Å². The SMILES string of the molecule is COc1cccc(CC(=O)N2CCN(C(=O)Cc3cccs3)CC2)c1. The maximum atomic E-state index is 12.5. The third-order valence-corrected chi connectivity index (χ3v) is 5.26. The molecule has 0 saturated carbocycles. The molecule has 3 rings (SSSR count). The summed E-state index contributed by atoms with van der Waals surface area (Å²) in [6, 6.07) is 11.5. The van der Waals surface area contributed by atoms with Crippen LogP contribution in [0.4, 0.5) is 0 Å². The standard InChI is InChI=1S/C19H22N2O3S/c1-24-16-5-2-4-15(12-16)13-18(22)20-7-9-21(10-8-20)19(23)14-17-6-3-11-25-17/h2-6,11-12H,7-10,13-14H2,1H3. The number of hydrogen-bond donors (Lipinski definition) is 0. The second-order valence-corrected chi connectivity index (χ2v) is 7.08. The van der Waals surface area contributed by atoms with Gasteiger partial charge in [0.05, 0.1) is 20.0 Å². The highest BCUT2D eigenvalue weighted by Crippen LogP contribution is 2.15. The predicted octanol–water partition coefficient (Wildman–Crippen LogP) is 2.21. The largest absolute Gasteiger partial charge is 0.497 e. The van der Waals surface area contributed by atoms with Crippen molar-refractivity contribution < 1.29 is 14.3 Å². The van der Waals surface area contributed by atoms with E-state index in [4.69, 9.17) is 4.74 Å². The van der Waals surface area contributed by atoms with Crippen molar-refractivity contribution in [3.05, 3.63) is 52.2 Å². The molecule has 1 fully saturated rings. The first-order valence-corrected chi connectivity index (χ1v) is 9.24. The molecule has 25 heavy (non-hydrogen) atoms. The summed E-state index contributed by atoms with van der Waals surface area (Å²) in [7, 11) is 1.62. The molecule has 0 bridgehead atoms. The van der Waals surface area contributed by atoms with Crippen LogP contribution in [0.5, 0.6) is 5.75 Å². The van der Waals surface area contributed by atoms with Gasteiger partial charge in [0.1, 0.15) is 5.75 Å². The Morgan fingerprint density at radius 2 is 1.68 bits per heavy atom. The van der Waals surface area contributed by atoms with E-state index in [1.54, 1.807) is 18.4 Å². The molecule has 0 spiro atoms. The van der Waals surface area contributed by atoms with Gasteiger partial charge in [-0.3, -0.25) is 9.59 Å². The molecular formula is C19H22N2O3S. The maximum absolute atomic E-state index is 12.5. The van der Waals surface area contributed by atoms with Crippen molar-refractivity contribution in [3.63, 3.8) is 0 Å². The first-order valence-electron chi connectivity index (χ1n) is 8.36. The zero-order chi connectivity index (χ0) is 17.6. The van der Waals surface area contributed by atoms with Gasteiger partial charge in [-0.25, -0.2) is 0 Å². The molecule has 2 amide bonds. The second-order valence-electron chi connectivity index (χ2n) is 6.05. The van der Waals surface area contributed by atoms with Gasteiger partial charge >= 0.3 is 0 Å². The lowest BCUT2D eigenvalue weighted by Gasteiger charge is -2.35. The van der Waals surface area contributed by atoms with Gasteiger partial charge in [-0.1, -0.05) is 18.2 Å². The monoisotopic (exact) mass is 358 g/mol. The molecule has 0 aliphatic carbocycles. The zero-order valence-corrected chi connectivity index (χ0v) is 15.1. The van der Waals surface area contributed by atoms with Gasteiger partial charge in [0.2, 0.25) is 11.8 Å². The van der Waals surface area contributed by atoms with E-state index < -0.39 is 0 Å². The Morgan fingerprint density at radius 3 is 2.28 bits per heavy atom. The predicted molar refractivity (Wildman–Crippen MR) is 97.9 cm³/mol. The topological polar surface area (TPSA) is 49.9 Å². The highest BCUT2D eigenvalue weighted by atomic mass is 32.1. The summed E-state index contributed by atoms with van der Waals surface area (Å²) in [6.45, 7) is 2.40. The Balaban J connectivity index is 1.49. The number of benzene rings is 1. The van der Waals surface area contributed by atoms with Crippen molar-refractivity contribution in [2.75, 3.05) is 33.3 Å². The molecule has 0 N–H and O–H groups in total. The number of hydrogen-bond acceptors (Lipinski definition) is 4.